The van der Waals surface area contributed by atoms with E-state index in [-0.39, 0.29) is 6.04 Å². The first-order valence-corrected chi connectivity index (χ1v) is 10.6. The molecule has 1 fully saturated rings. The fraction of sp³-hybridized carbons (Fsp3) is 0.565. The van der Waals surface area contributed by atoms with Crippen LogP contribution in [-0.2, 0) is 11.3 Å². The van der Waals surface area contributed by atoms with Crippen LogP contribution in [0.25, 0.3) is 0 Å². The lowest BCUT2D eigenvalue weighted by Gasteiger charge is -2.29. The molecule has 0 aliphatic heterocycles. The quantitative estimate of drug-likeness (QED) is 0.302. The molecule has 1 aliphatic rings. The van der Waals surface area contributed by atoms with Crippen LogP contribution in [0.5, 0.6) is 0 Å². The largest absolute Gasteiger partial charge is 0.396 e. The van der Waals surface area contributed by atoms with Crippen molar-refractivity contribution >= 4 is 5.71 Å². The van der Waals surface area contributed by atoms with Crippen LogP contribution in [-0.4, -0.2) is 21.9 Å². The number of hydrogen-bond acceptors (Lipinski definition) is 3. The Morgan fingerprint density at radius 1 is 1.19 bits per heavy atom. The van der Waals surface area contributed by atoms with Crippen molar-refractivity contribution in [3.05, 3.63) is 54.6 Å². The second-order valence-electron chi connectivity index (χ2n) is 7.61. The van der Waals surface area contributed by atoms with Crippen molar-refractivity contribution < 1.29 is 4.84 Å². The van der Waals surface area contributed by atoms with Crippen molar-refractivity contribution in [3.63, 3.8) is 0 Å². The van der Waals surface area contributed by atoms with Gasteiger partial charge in [-0.2, -0.15) is 0 Å². The van der Waals surface area contributed by atoms with Crippen molar-refractivity contribution in [1.29, 1.82) is 0 Å². The van der Waals surface area contributed by atoms with Gasteiger partial charge < -0.3 is 9.40 Å². The minimum atomic E-state index is 0.171. The van der Waals surface area contributed by atoms with Crippen LogP contribution >= 0.6 is 0 Å². The van der Waals surface area contributed by atoms with E-state index in [1.165, 1.54) is 56.2 Å². The fourth-order valence-electron chi connectivity index (χ4n) is 4.00. The fourth-order valence-corrected chi connectivity index (χ4v) is 4.00. The van der Waals surface area contributed by atoms with Crippen molar-refractivity contribution in [2.45, 2.75) is 70.8 Å². The summed E-state index contributed by atoms with van der Waals surface area (Å²) in [7, 11) is 0. The van der Waals surface area contributed by atoms with Crippen molar-refractivity contribution in [3.8, 4) is 0 Å². The Morgan fingerprint density at radius 3 is 2.70 bits per heavy atom. The predicted molar refractivity (Wildman–Crippen MR) is 111 cm³/mol. The van der Waals surface area contributed by atoms with Gasteiger partial charge in [0.2, 0.25) is 0 Å². The van der Waals surface area contributed by atoms with Gasteiger partial charge in [0.1, 0.15) is 6.61 Å². The number of aromatic nitrogens is 2. The molecule has 1 heterocycles. The molecule has 3 rings (SSSR count). The summed E-state index contributed by atoms with van der Waals surface area (Å²) in [6.07, 6.45) is 16.6. The summed E-state index contributed by atoms with van der Waals surface area (Å²) in [6.45, 7) is 2.93. The topological polar surface area (TPSA) is 39.4 Å². The Hall–Kier alpha value is -2.10. The van der Waals surface area contributed by atoms with Crippen LogP contribution in [0.1, 0.15) is 69.9 Å². The van der Waals surface area contributed by atoms with E-state index in [1.807, 2.05) is 12.5 Å². The molecule has 1 atom stereocenters. The summed E-state index contributed by atoms with van der Waals surface area (Å²) in [6, 6.07) is 10.9. The zero-order chi connectivity index (χ0) is 18.7. The lowest BCUT2D eigenvalue weighted by atomic mass is 9.82. The second kappa shape index (κ2) is 10.9. The normalized spacial score (nSPS) is 17.0. The smallest absolute Gasteiger partial charge is 0.117 e. The van der Waals surface area contributed by atoms with Gasteiger partial charge in [-0.05, 0) is 31.2 Å². The molecule has 4 nitrogen and oxygen atoms in total. The summed E-state index contributed by atoms with van der Waals surface area (Å²) >= 11 is 0. The summed E-state index contributed by atoms with van der Waals surface area (Å²) in [5, 5.41) is 4.74. The van der Waals surface area contributed by atoms with E-state index in [0.29, 0.717) is 12.5 Å². The van der Waals surface area contributed by atoms with Gasteiger partial charge in [0, 0.05) is 18.3 Å². The zero-order valence-electron chi connectivity index (χ0n) is 16.6. The average Bonchev–Trinajstić information content (AvgIpc) is 3.25. The molecule has 1 aliphatic carbocycles. The number of nitrogens with zero attached hydrogens (tertiary/aromatic N) is 3. The number of oxime groups is 1. The third-order valence-electron chi connectivity index (χ3n) is 5.53. The molecule has 0 radical (unpaired) electrons. The first-order valence-electron chi connectivity index (χ1n) is 10.6. The van der Waals surface area contributed by atoms with E-state index in [4.69, 9.17) is 9.99 Å². The first-order chi connectivity index (χ1) is 13.4. The second-order valence-corrected chi connectivity index (χ2v) is 7.61. The molecule has 1 saturated carbocycles. The molecule has 27 heavy (non-hydrogen) atoms. The van der Waals surface area contributed by atoms with Gasteiger partial charge in [-0.25, -0.2) is 4.98 Å². The van der Waals surface area contributed by atoms with E-state index in [2.05, 4.69) is 53.0 Å². The third-order valence-corrected chi connectivity index (χ3v) is 5.53. The number of unbranched alkanes of at least 4 members (excludes halogenated alkanes) is 2. The summed E-state index contributed by atoms with van der Waals surface area (Å²) in [5.74, 6) is 0.515. The molecule has 0 spiro atoms. The molecular formula is C23H33N3O. The molecule has 2 aromatic rings. The Kier molecular flexibility index (Phi) is 7.94. The van der Waals surface area contributed by atoms with E-state index in [1.54, 1.807) is 0 Å². The average molecular weight is 368 g/mol. The Labute approximate surface area is 163 Å². The number of imidazole rings is 1. The molecule has 1 aromatic heterocycles. The van der Waals surface area contributed by atoms with Crippen LogP contribution < -0.4 is 0 Å². The van der Waals surface area contributed by atoms with Crippen LogP contribution in [0.2, 0.25) is 0 Å². The Balaban J connectivity index is 1.82. The zero-order valence-corrected chi connectivity index (χ0v) is 16.6. The van der Waals surface area contributed by atoms with Crippen LogP contribution in [0.3, 0.4) is 0 Å². The van der Waals surface area contributed by atoms with Gasteiger partial charge in [-0.3, -0.25) is 0 Å². The summed E-state index contributed by atoms with van der Waals surface area (Å²) < 4.78 is 2.20. The lowest BCUT2D eigenvalue weighted by molar-refractivity contribution is 0.135. The van der Waals surface area contributed by atoms with Gasteiger partial charge in [0.15, 0.2) is 0 Å². The maximum absolute atomic E-state index is 5.82. The van der Waals surface area contributed by atoms with E-state index < -0.39 is 0 Å². The standard InChI is InChI=1S/C23H33N3O/c1-2-3-10-17-27-25-23(21-13-8-5-9-14-21)22(26-16-15-24-19-26)18-20-11-6-4-7-12-20/h4,6-7,11-12,15-16,19,21-22H,2-3,5,8-10,13-14,17-18H2,1H3/b25-23+. The third kappa shape index (κ3) is 5.95. The van der Waals surface area contributed by atoms with Crippen molar-refractivity contribution in [2.75, 3.05) is 6.61 Å². The maximum Gasteiger partial charge on any atom is 0.117 e. The maximum atomic E-state index is 5.82. The lowest BCUT2D eigenvalue weighted by Crippen LogP contribution is -2.29. The predicted octanol–water partition coefficient (Wildman–Crippen LogP) is 5.81. The highest BCUT2D eigenvalue weighted by Gasteiger charge is 2.28. The monoisotopic (exact) mass is 367 g/mol. The van der Waals surface area contributed by atoms with Crippen molar-refractivity contribution in [1.82, 2.24) is 9.55 Å². The van der Waals surface area contributed by atoms with Crippen LogP contribution in [0.15, 0.2) is 54.2 Å². The van der Waals surface area contributed by atoms with Gasteiger partial charge >= 0.3 is 0 Å². The Bertz CT molecular complexity index is 660. The van der Waals surface area contributed by atoms with Gasteiger partial charge in [0.05, 0.1) is 18.1 Å². The van der Waals surface area contributed by atoms with Crippen molar-refractivity contribution in [2.24, 2.45) is 11.1 Å². The molecule has 0 bridgehead atoms. The first kappa shape index (κ1) is 19.7. The number of benzene rings is 1. The molecule has 4 heteroatoms. The van der Waals surface area contributed by atoms with Gasteiger partial charge in [-0.15, -0.1) is 0 Å². The van der Waals surface area contributed by atoms with Crippen LogP contribution in [0, 0.1) is 5.92 Å². The molecular weight excluding hydrogens is 334 g/mol. The minimum Gasteiger partial charge on any atom is -0.396 e. The van der Waals surface area contributed by atoms with E-state index >= 15 is 0 Å². The summed E-state index contributed by atoms with van der Waals surface area (Å²) in [4.78, 5) is 10.1. The minimum absolute atomic E-state index is 0.171. The highest BCUT2D eigenvalue weighted by Crippen LogP contribution is 2.31. The van der Waals surface area contributed by atoms with Crippen LogP contribution in [0.4, 0.5) is 0 Å². The molecule has 1 aromatic carbocycles. The molecule has 0 saturated heterocycles. The summed E-state index contributed by atoms with van der Waals surface area (Å²) in [5.41, 5.74) is 2.53. The van der Waals surface area contributed by atoms with Gasteiger partial charge in [0.25, 0.3) is 0 Å². The highest BCUT2D eigenvalue weighted by atomic mass is 16.6. The number of rotatable bonds is 10. The Morgan fingerprint density at radius 2 is 2.00 bits per heavy atom. The SMILES string of the molecule is CCCCCO/N=C(\C1CCCCC1)C(Cc1ccccc1)n1ccnc1. The molecule has 0 N–H and O–H groups in total. The van der Waals surface area contributed by atoms with E-state index in [9.17, 15) is 0 Å². The number of hydrogen-bond donors (Lipinski definition) is 0. The molecule has 1 unspecified atom stereocenters. The van der Waals surface area contributed by atoms with E-state index in [0.717, 1.165) is 12.8 Å². The molecule has 146 valence electrons. The molecule has 0 amide bonds. The highest BCUT2D eigenvalue weighted by molar-refractivity contribution is 5.90. The van der Waals surface area contributed by atoms with Gasteiger partial charge in [-0.1, -0.05) is 74.5 Å².